The number of rotatable bonds is 5. The number of benzene rings is 1. The molecule has 1 heterocycles. The molecule has 0 spiro atoms. The number of nitrogens with two attached hydrogens (primary N) is 1. The van der Waals surface area contributed by atoms with Crippen LogP contribution in [0.15, 0.2) is 42.6 Å². The first-order valence-corrected chi connectivity index (χ1v) is 6.06. The molecule has 0 aliphatic heterocycles. The van der Waals surface area contributed by atoms with E-state index in [1.807, 2.05) is 24.3 Å². The molecule has 0 atom stereocenters. The molecule has 0 bridgehead atoms. The number of ether oxygens (including phenoxy) is 1. The van der Waals surface area contributed by atoms with Gasteiger partial charge in [-0.05, 0) is 29.8 Å². The lowest BCUT2D eigenvalue weighted by Gasteiger charge is -2.07. The highest BCUT2D eigenvalue weighted by atomic mass is 16.5. The first-order chi connectivity index (χ1) is 9.72. The Morgan fingerprint density at radius 2 is 2.05 bits per heavy atom. The van der Waals surface area contributed by atoms with Crippen LogP contribution in [0.1, 0.15) is 15.9 Å². The second kappa shape index (κ2) is 6.53. The topological polar surface area (TPSA) is 89.3 Å². The number of nitrogen functional groups attached to an aromatic ring is 1. The molecule has 0 radical (unpaired) electrons. The summed E-state index contributed by atoms with van der Waals surface area (Å²) in [7, 11) is 1.61. The van der Waals surface area contributed by atoms with E-state index in [-0.39, 0.29) is 5.91 Å². The molecule has 0 saturated carbocycles. The summed E-state index contributed by atoms with van der Waals surface area (Å²) in [5.41, 5.74) is 3.90. The summed E-state index contributed by atoms with van der Waals surface area (Å²) in [6, 6.07) is 10.7. The van der Waals surface area contributed by atoms with Crippen LogP contribution < -0.4 is 21.3 Å². The molecule has 6 nitrogen and oxygen atoms in total. The number of amides is 1. The zero-order valence-corrected chi connectivity index (χ0v) is 11.1. The molecule has 0 saturated heterocycles. The van der Waals surface area contributed by atoms with Crippen LogP contribution in [0.25, 0.3) is 0 Å². The summed E-state index contributed by atoms with van der Waals surface area (Å²) in [6.45, 7) is 0.441. The Kier molecular flexibility index (Phi) is 4.52. The standard InChI is InChI=1S/C14H16N4O2/c1-20-12-4-2-10(3-5-12)9-17-14(19)11-6-7-16-13(8-11)18-15/h2-8H,9,15H2,1H3,(H,16,18)(H,17,19). The molecule has 2 rings (SSSR count). The van der Waals surface area contributed by atoms with Gasteiger partial charge >= 0.3 is 0 Å². The molecular weight excluding hydrogens is 256 g/mol. The van der Waals surface area contributed by atoms with E-state index in [1.54, 1.807) is 19.2 Å². The van der Waals surface area contributed by atoms with E-state index in [1.165, 1.54) is 6.20 Å². The molecule has 0 aliphatic rings. The van der Waals surface area contributed by atoms with Gasteiger partial charge in [-0.25, -0.2) is 10.8 Å². The fourth-order valence-electron chi connectivity index (χ4n) is 1.68. The van der Waals surface area contributed by atoms with E-state index < -0.39 is 0 Å². The van der Waals surface area contributed by atoms with E-state index in [0.29, 0.717) is 17.9 Å². The van der Waals surface area contributed by atoms with E-state index >= 15 is 0 Å². The fraction of sp³-hybridized carbons (Fsp3) is 0.143. The Hall–Kier alpha value is -2.60. The highest BCUT2D eigenvalue weighted by Crippen LogP contribution is 2.11. The van der Waals surface area contributed by atoms with Crippen LogP contribution in [0.3, 0.4) is 0 Å². The Morgan fingerprint density at radius 1 is 1.30 bits per heavy atom. The summed E-state index contributed by atoms with van der Waals surface area (Å²) in [4.78, 5) is 15.9. The number of hydrazine groups is 1. The number of nitrogens with zero attached hydrogens (tertiary/aromatic N) is 1. The van der Waals surface area contributed by atoms with Crippen molar-refractivity contribution in [3.63, 3.8) is 0 Å². The molecule has 0 unspecified atom stereocenters. The maximum atomic E-state index is 12.0. The lowest BCUT2D eigenvalue weighted by atomic mass is 10.2. The van der Waals surface area contributed by atoms with Gasteiger partial charge in [0.1, 0.15) is 11.6 Å². The predicted molar refractivity (Wildman–Crippen MR) is 76.2 cm³/mol. The summed E-state index contributed by atoms with van der Waals surface area (Å²) < 4.78 is 5.08. The Balaban J connectivity index is 1.97. The van der Waals surface area contributed by atoms with Gasteiger partial charge in [0, 0.05) is 18.3 Å². The maximum absolute atomic E-state index is 12.0. The van der Waals surface area contributed by atoms with Gasteiger partial charge in [-0.15, -0.1) is 0 Å². The Morgan fingerprint density at radius 3 is 2.70 bits per heavy atom. The molecule has 1 aromatic heterocycles. The second-order valence-corrected chi connectivity index (χ2v) is 4.10. The van der Waals surface area contributed by atoms with Gasteiger partial charge in [-0.2, -0.15) is 0 Å². The summed E-state index contributed by atoms with van der Waals surface area (Å²) in [5, 5.41) is 2.83. The lowest BCUT2D eigenvalue weighted by molar-refractivity contribution is 0.0951. The molecular formula is C14H16N4O2. The minimum atomic E-state index is -0.181. The van der Waals surface area contributed by atoms with Crippen molar-refractivity contribution in [2.45, 2.75) is 6.54 Å². The minimum absolute atomic E-state index is 0.181. The third kappa shape index (κ3) is 3.46. The van der Waals surface area contributed by atoms with E-state index in [4.69, 9.17) is 10.6 Å². The number of aromatic nitrogens is 1. The van der Waals surface area contributed by atoms with Crippen molar-refractivity contribution in [3.05, 3.63) is 53.7 Å². The molecule has 1 amide bonds. The number of hydrogen-bond donors (Lipinski definition) is 3. The van der Waals surface area contributed by atoms with Crippen molar-refractivity contribution in [2.75, 3.05) is 12.5 Å². The molecule has 0 fully saturated rings. The Bertz CT molecular complexity index is 584. The van der Waals surface area contributed by atoms with Gasteiger partial charge in [0.2, 0.25) is 0 Å². The van der Waals surface area contributed by atoms with Crippen LogP contribution in [0.5, 0.6) is 5.75 Å². The van der Waals surface area contributed by atoms with Gasteiger partial charge in [-0.3, -0.25) is 4.79 Å². The van der Waals surface area contributed by atoms with Crippen LogP contribution in [-0.4, -0.2) is 18.0 Å². The number of hydrogen-bond acceptors (Lipinski definition) is 5. The smallest absolute Gasteiger partial charge is 0.251 e. The molecule has 0 aliphatic carbocycles. The van der Waals surface area contributed by atoms with Crippen molar-refractivity contribution < 1.29 is 9.53 Å². The highest BCUT2D eigenvalue weighted by molar-refractivity contribution is 5.94. The fourth-order valence-corrected chi connectivity index (χ4v) is 1.68. The third-order valence-electron chi connectivity index (χ3n) is 2.78. The number of carbonyl (C=O) groups is 1. The van der Waals surface area contributed by atoms with E-state index in [9.17, 15) is 4.79 Å². The summed E-state index contributed by atoms with van der Waals surface area (Å²) >= 11 is 0. The van der Waals surface area contributed by atoms with Crippen molar-refractivity contribution >= 4 is 11.7 Å². The second-order valence-electron chi connectivity index (χ2n) is 4.10. The largest absolute Gasteiger partial charge is 0.497 e. The average molecular weight is 272 g/mol. The van der Waals surface area contributed by atoms with Gasteiger partial charge < -0.3 is 15.5 Å². The average Bonchev–Trinajstić information content (AvgIpc) is 2.53. The van der Waals surface area contributed by atoms with Gasteiger partial charge in [0.25, 0.3) is 5.91 Å². The van der Waals surface area contributed by atoms with Crippen molar-refractivity contribution in [1.82, 2.24) is 10.3 Å². The SMILES string of the molecule is COc1ccc(CNC(=O)c2ccnc(NN)c2)cc1. The first kappa shape index (κ1) is 13.8. The van der Waals surface area contributed by atoms with Crippen molar-refractivity contribution in [1.29, 1.82) is 0 Å². The van der Waals surface area contributed by atoms with Crippen LogP contribution in [0.4, 0.5) is 5.82 Å². The number of carbonyl (C=O) groups excluding carboxylic acids is 1. The zero-order chi connectivity index (χ0) is 14.4. The van der Waals surface area contributed by atoms with Crippen LogP contribution in [0.2, 0.25) is 0 Å². The lowest BCUT2D eigenvalue weighted by Crippen LogP contribution is -2.23. The molecule has 1 aromatic carbocycles. The highest BCUT2D eigenvalue weighted by Gasteiger charge is 2.06. The molecule has 20 heavy (non-hydrogen) atoms. The van der Waals surface area contributed by atoms with Crippen LogP contribution in [0, 0.1) is 0 Å². The number of pyridine rings is 1. The quantitative estimate of drug-likeness (QED) is 0.564. The van der Waals surface area contributed by atoms with Crippen LogP contribution in [-0.2, 0) is 6.54 Å². The zero-order valence-electron chi connectivity index (χ0n) is 11.1. The maximum Gasteiger partial charge on any atom is 0.251 e. The van der Waals surface area contributed by atoms with Crippen molar-refractivity contribution in [3.8, 4) is 5.75 Å². The minimum Gasteiger partial charge on any atom is -0.497 e. The number of anilines is 1. The van der Waals surface area contributed by atoms with Crippen LogP contribution >= 0.6 is 0 Å². The first-order valence-electron chi connectivity index (χ1n) is 6.06. The normalized spacial score (nSPS) is 9.90. The third-order valence-corrected chi connectivity index (χ3v) is 2.78. The molecule has 4 N–H and O–H groups in total. The van der Waals surface area contributed by atoms with Crippen molar-refractivity contribution in [2.24, 2.45) is 5.84 Å². The summed E-state index contributed by atoms with van der Waals surface area (Å²) in [6.07, 6.45) is 1.53. The molecule has 2 aromatic rings. The molecule has 104 valence electrons. The molecule has 6 heteroatoms. The van der Waals surface area contributed by atoms with E-state index in [2.05, 4.69) is 15.7 Å². The number of nitrogens with one attached hydrogen (secondary N) is 2. The summed E-state index contributed by atoms with van der Waals surface area (Å²) in [5.74, 6) is 6.31. The Labute approximate surface area is 116 Å². The predicted octanol–water partition coefficient (Wildman–Crippen LogP) is 1.31. The monoisotopic (exact) mass is 272 g/mol. The van der Waals surface area contributed by atoms with Gasteiger partial charge in [0.15, 0.2) is 0 Å². The van der Waals surface area contributed by atoms with Gasteiger partial charge in [-0.1, -0.05) is 12.1 Å². The van der Waals surface area contributed by atoms with E-state index in [0.717, 1.165) is 11.3 Å². The van der Waals surface area contributed by atoms with Gasteiger partial charge in [0.05, 0.1) is 7.11 Å². The number of methoxy groups -OCH3 is 1.